The van der Waals surface area contributed by atoms with E-state index in [1.165, 1.54) is 6.33 Å². The molecule has 1 N–H and O–H groups in total. The van der Waals surface area contributed by atoms with Crippen LogP contribution in [0.2, 0.25) is 0 Å². The maximum Gasteiger partial charge on any atom is 0.271 e. The van der Waals surface area contributed by atoms with Gasteiger partial charge in [0.05, 0.1) is 11.4 Å². The molecule has 7 nitrogen and oxygen atoms in total. The van der Waals surface area contributed by atoms with Crippen LogP contribution in [-0.4, -0.2) is 31.8 Å². The predicted molar refractivity (Wildman–Crippen MR) is 90.0 cm³/mol. The molecule has 0 fully saturated rings. The van der Waals surface area contributed by atoms with Crippen molar-refractivity contribution < 1.29 is 4.79 Å². The zero-order valence-electron chi connectivity index (χ0n) is 13.3. The molecular formula is C17H16N6O. The van der Waals surface area contributed by atoms with Crippen molar-refractivity contribution in [1.29, 1.82) is 0 Å². The lowest BCUT2D eigenvalue weighted by Crippen LogP contribution is -2.19. The SMILES string of the molecule is C/C(=N/NC(=O)c1ccc(C)cc1)c1cccc(-n2cnnn2)c1. The van der Waals surface area contributed by atoms with Crippen molar-refractivity contribution in [3.63, 3.8) is 0 Å². The van der Waals surface area contributed by atoms with Crippen LogP contribution in [0, 0.1) is 6.92 Å². The third-order valence-electron chi connectivity index (χ3n) is 3.52. The van der Waals surface area contributed by atoms with Crippen LogP contribution in [0.1, 0.15) is 28.4 Å². The van der Waals surface area contributed by atoms with Crippen LogP contribution >= 0.6 is 0 Å². The van der Waals surface area contributed by atoms with E-state index >= 15 is 0 Å². The van der Waals surface area contributed by atoms with E-state index in [1.54, 1.807) is 16.8 Å². The van der Waals surface area contributed by atoms with Gasteiger partial charge in [-0.05, 0) is 54.1 Å². The van der Waals surface area contributed by atoms with E-state index in [4.69, 9.17) is 0 Å². The molecule has 3 rings (SSSR count). The number of amides is 1. The summed E-state index contributed by atoms with van der Waals surface area (Å²) in [7, 11) is 0. The van der Waals surface area contributed by atoms with Gasteiger partial charge in [-0.3, -0.25) is 4.79 Å². The summed E-state index contributed by atoms with van der Waals surface area (Å²) in [5.74, 6) is -0.244. The number of hydrogen-bond donors (Lipinski definition) is 1. The van der Waals surface area contributed by atoms with Gasteiger partial charge in [-0.15, -0.1) is 5.10 Å². The molecule has 0 aliphatic rings. The molecule has 2 aromatic carbocycles. The second kappa shape index (κ2) is 6.82. The van der Waals surface area contributed by atoms with E-state index in [1.807, 2.05) is 50.2 Å². The zero-order valence-corrected chi connectivity index (χ0v) is 13.3. The van der Waals surface area contributed by atoms with Crippen LogP contribution in [-0.2, 0) is 0 Å². The van der Waals surface area contributed by atoms with Crippen molar-refractivity contribution >= 4 is 11.6 Å². The molecular weight excluding hydrogens is 304 g/mol. The number of tetrazole rings is 1. The van der Waals surface area contributed by atoms with Crippen molar-refractivity contribution in [3.8, 4) is 5.69 Å². The van der Waals surface area contributed by atoms with Crippen LogP contribution in [0.3, 0.4) is 0 Å². The summed E-state index contributed by atoms with van der Waals surface area (Å²) in [5, 5.41) is 15.3. The first-order chi connectivity index (χ1) is 11.6. The van der Waals surface area contributed by atoms with Gasteiger partial charge in [0.1, 0.15) is 6.33 Å². The van der Waals surface area contributed by atoms with E-state index in [0.717, 1.165) is 16.8 Å². The summed E-state index contributed by atoms with van der Waals surface area (Å²) < 4.78 is 1.56. The van der Waals surface area contributed by atoms with Crippen LogP contribution in [0.25, 0.3) is 5.69 Å². The number of aryl methyl sites for hydroxylation is 1. The summed E-state index contributed by atoms with van der Waals surface area (Å²) in [5.41, 5.74) is 6.61. The normalized spacial score (nSPS) is 11.3. The maximum absolute atomic E-state index is 12.1. The molecule has 1 aromatic heterocycles. The molecule has 1 amide bonds. The average molecular weight is 320 g/mol. The molecule has 0 spiro atoms. The zero-order chi connectivity index (χ0) is 16.9. The minimum absolute atomic E-state index is 0.244. The van der Waals surface area contributed by atoms with Crippen molar-refractivity contribution in [2.24, 2.45) is 5.10 Å². The van der Waals surface area contributed by atoms with Crippen molar-refractivity contribution in [3.05, 3.63) is 71.5 Å². The van der Waals surface area contributed by atoms with Gasteiger partial charge in [0.25, 0.3) is 5.91 Å². The molecule has 120 valence electrons. The molecule has 1 heterocycles. The van der Waals surface area contributed by atoms with Crippen molar-refractivity contribution in [2.45, 2.75) is 13.8 Å². The highest BCUT2D eigenvalue weighted by Gasteiger charge is 2.06. The Hall–Kier alpha value is -3.35. The lowest BCUT2D eigenvalue weighted by molar-refractivity contribution is 0.0955. The summed E-state index contributed by atoms with van der Waals surface area (Å²) >= 11 is 0. The second-order valence-electron chi connectivity index (χ2n) is 5.31. The van der Waals surface area contributed by atoms with Crippen LogP contribution in [0.15, 0.2) is 60.0 Å². The van der Waals surface area contributed by atoms with Gasteiger partial charge < -0.3 is 0 Å². The van der Waals surface area contributed by atoms with E-state index in [9.17, 15) is 4.79 Å². The van der Waals surface area contributed by atoms with Crippen molar-refractivity contribution in [2.75, 3.05) is 0 Å². The summed E-state index contributed by atoms with van der Waals surface area (Å²) in [4.78, 5) is 12.1. The average Bonchev–Trinajstić information content (AvgIpc) is 3.15. The molecule has 0 atom stereocenters. The first kappa shape index (κ1) is 15.5. The number of hydrazone groups is 1. The molecule has 0 unspecified atom stereocenters. The first-order valence-electron chi connectivity index (χ1n) is 7.38. The fourth-order valence-electron chi connectivity index (χ4n) is 2.12. The molecule has 24 heavy (non-hydrogen) atoms. The Labute approximate surface area is 139 Å². The molecule has 3 aromatic rings. The number of carbonyl (C=O) groups excluding carboxylic acids is 1. The Morgan fingerprint density at radius 1 is 1.12 bits per heavy atom. The number of rotatable bonds is 4. The highest BCUT2D eigenvalue weighted by atomic mass is 16.2. The summed E-state index contributed by atoms with van der Waals surface area (Å²) in [6, 6.07) is 14.9. The number of nitrogens with one attached hydrogen (secondary N) is 1. The van der Waals surface area contributed by atoms with Gasteiger partial charge in [-0.2, -0.15) is 5.10 Å². The third-order valence-corrected chi connectivity index (χ3v) is 3.52. The highest BCUT2D eigenvalue weighted by molar-refractivity contribution is 6.01. The van der Waals surface area contributed by atoms with Gasteiger partial charge >= 0.3 is 0 Å². The van der Waals surface area contributed by atoms with Gasteiger partial charge in [0.2, 0.25) is 0 Å². The van der Waals surface area contributed by atoms with Gasteiger partial charge in [-0.25, -0.2) is 10.1 Å². The standard InChI is InChI=1S/C17H16N6O/c1-12-6-8-14(9-7-12)17(24)20-19-13(2)15-4-3-5-16(10-15)23-11-18-21-22-23/h3-11H,1-2H3,(H,20,24)/b19-13-. The van der Waals surface area contributed by atoms with Crippen LogP contribution in [0.5, 0.6) is 0 Å². The van der Waals surface area contributed by atoms with E-state index in [0.29, 0.717) is 11.3 Å². The minimum Gasteiger partial charge on any atom is -0.267 e. The Bertz CT molecular complexity index is 868. The van der Waals surface area contributed by atoms with Gasteiger partial charge in [-0.1, -0.05) is 29.8 Å². The van der Waals surface area contributed by atoms with Gasteiger partial charge in [0, 0.05) is 5.56 Å². The smallest absolute Gasteiger partial charge is 0.267 e. The van der Waals surface area contributed by atoms with Crippen LogP contribution in [0.4, 0.5) is 0 Å². The van der Waals surface area contributed by atoms with E-state index < -0.39 is 0 Å². The number of carbonyl (C=O) groups is 1. The Morgan fingerprint density at radius 3 is 2.62 bits per heavy atom. The molecule has 0 radical (unpaired) electrons. The highest BCUT2D eigenvalue weighted by Crippen LogP contribution is 2.10. The molecule has 0 aliphatic carbocycles. The maximum atomic E-state index is 12.1. The molecule has 0 saturated carbocycles. The molecule has 0 saturated heterocycles. The summed E-state index contributed by atoms with van der Waals surface area (Å²) in [6.07, 6.45) is 1.52. The molecule has 0 bridgehead atoms. The third kappa shape index (κ3) is 3.52. The largest absolute Gasteiger partial charge is 0.271 e. The molecule has 7 heteroatoms. The Kier molecular flexibility index (Phi) is 4.42. The topological polar surface area (TPSA) is 85.1 Å². The quantitative estimate of drug-likeness (QED) is 0.589. The first-order valence-corrected chi connectivity index (χ1v) is 7.38. The second-order valence-corrected chi connectivity index (χ2v) is 5.31. The monoisotopic (exact) mass is 320 g/mol. The summed E-state index contributed by atoms with van der Waals surface area (Å²) in [6.45, 7) is 3.80. The Morgan fingerprint density at radius 2 is 1.92 bits per heavy atom. The molecule has 0 aliphatic heterocycles. The van der Waals surface area contributed by atoms with Crippen molar-refractivity contribution in [1.82, 2.24) is 25.6 Å². The minimum atomic E-state index is -0.244. The Balaban J connectivity index is 1.75. The lowest BCUT2D eigenvalue weighted by Gasteiger charge is -2.05. The van der Waals surface area contributed by atoms with E-state index in [2.05, 4.69) is 26.1 Å². The number of benzene rings is 2. The fourth-order valence-corrected chi connectivity index (χ4v) is 2.12. The lowest BCUT2D eigenvalue weighted by atomic mass is 10.1. The number of hydrogen-bond acceptors (Lipinski definition) is 5. The fraction of sp³-hybridized carbons (Fsp3) is 0.118. The number of aromatic nitrogens is 4. The van der Waals surface area contributed by atoms with E-state index in [-0.39, 0.29) is 5.91 Å². The predicted octanol–water partition coefficient (Wildman–Crippen LogP) is 2.12. The number of nitrogens with zero attached hydrogens (tertiary/aromatic N) is 5. The van der Waals surface area contributed by atoms with Crippen LogP contribution < -0.4 is 5.43 Å². The van der Waals surface area contributed by atoms with Gasteiger partial charge in [0.15, 0.2) is 0 Å².